The first-order valence-electron chi connectivity index (χ1n) is 8.07. The number of nitrogens with one attached hydrogen (secondary N) is 1. The summed E-state index contributed by atoms with van der Waals surface area (Å²) in [6, 6.07) is 0. The Bertz CT molecular complexity index is 496. The lowest BCUT2D eigenvalue weighted by molar-refractivity contribution is -0.117. The van der Waals surface area contributed by atoms with Crippen molar-refractivity contribution < 1.29 is 4.79 Å². The highest BCUT2D eigenvalue weighted by atomic mass is 16.1. The van der Waals surface area contributed by atoms with Gasteiger partial charge in [0.2, 0.25) is 5.91 Å². The number of amides is 1. The minimum atomic E-state index is 0.153. The van der Waals surface area contributed by atoms with Crippen molar-refractivity contribution >= 4 is 11.6 Å². The molecule has 1 aromatic heterocycles. The van der Waals surface area contributed by atoms with Crippen molar-refractivity contribution in [3.05, 3.63) is 12.4 Å². The molecule has 2 fully saturated rings. The Morgan fingerprint density at radius 1 is 1.43 bits per heavy atom. The molecule has 0 aliphatic heterocycles. The van der Waals surface area contributed by atoms with Crippen LogP contribution in [0.25, 0.3) is 0 Å². The fraction of sp³-hybridized carbons (Fsp3) is 0.750. The Kier molecular flexibility index (Phi) is 4.29. The molecule has 2 bridgehead atoms. The van der Waals surface area contributed by atoms with E-state index in [2.05, 4.69) is 15.3 Å². The number of nitrogens with zero attached hydrogens (tertiary/aromatic N) is 3. The molecule has 0 aromatic carbocycles. The standard InChI is InChI=1S/C16H26N4O/c1-19(2)5-6-20-11-15(10-17-20)18-16(21)9-14-8-12-3-4-13(14)7-12/h10-14H,3-9H2,1-2H3,(H,18,21). The molecule has 1 aromatic rings. The maximum absolute atomic E-state index is 12.2. The molecule has 1 amide bonds. The van der Waals surface area contributed by atoms with Crippen molar-refractivity contribution in [3.63, 3.8) is 0 Å². The molecule has 0 spiro atoms. The van der Waals surface area contributed by atoms with Crippen LogP contribution in [0.3, 0.4) is 0 Å². The van der Waals surface area contributed by atoms with Crippen LogP contribution in [0, 0.1) is 17.8 Å². The van der Waals surface area contributed by atoms with E-state index in [-0.39, 0.29) is 5.91 Å². The van der Waals surface area contributed by atoms with E-state index in [1.54, 1.807) is 6.20 Å². The largest absolute Gasteiger partial charge is 0.323 e. The van der Waals surface area contributed by atoms with Gasteiger partial charge in [-0.25, -0.2) is 0 Å². The Morgan fingerprint density at radius 3 is 2.95 bits per heavy atom. The Balaban J connectivity index is 1.46. The third-order valence-corrected chi connectivity index (χ3v) is 5.03. The highest BCUT2D eigenvalue weighted by Gasteiger charge is 2.40. The van der Waals surface area contributed by atoms with E-state index in [9.17, 15) is 4.79 Å². The van der Waals surface area contributed by atoms with Gasteiger partial charge in [0, 0.05) is 19.2 Å². The summed E-state index contributed by atoms with van der Waals surface area (Å²) < 4.78 is 1.88. The molecule has 1 heterocycles. The summed E-state index contributed by atoms with van der Waals surface area (Å²) >= 11 is 0. The average molecular weight is 290 g/mol. The van der Waals surface area contributed by atoms with Crippen LogP contribution in [0.15, 0.2) is 12.4 Å². The first kappa shape index (κ1) is 14.6. The molecule has 0 radical (unpaired) electrons. The summed E-state index contributed by atoms with van der Waals surface area (Å²) in [7, 11) is 4.09. The summed E-state index contributed by atoms with van der Waals surface area (Å²) in [6.45, 7) is 1.79. The smallest absolute Gasteiger partial charge is 0.224 e. The Labute approximate surface area is 126 Å². The number of anilines is 1. The molecule has 3 unspecified atom stereocenters. The van der Waals surface area contributed by atoms with Crippen LogP contribution in [0.2, 0.25) is 0 Å². The van der Waals surface area contributed by atoms with Gasteiger partial charge in [-0.15, -0.1) is 0 Å². The summed E-state index contributed by atoms with van der Waals surface area (Å²) in [5.41, 5.74) is 0.821. The number of rotatable bonds is 6. The average Bonchev–Trinajstić information content (AvgIpc) is 3.12. The van der Waals surface area contributed by atoms with Gasteiger partial charge >= 0.3 is 0 Å². The molecule has 5 heteroatoms. The number of hydrogen-bond donors (Lipinski definition) is 1. The SMILES string of the molecule is CN(C)CCn1cc(NC(=O)CC2CC3CCC2C3)cn1. The lowest BCUT2D eigenvalue weighted by Gasteiger charge is -2.20. The van der Waals surface area contributed by atoms with Crippen molar-refractivity contribution in [2.45, 2.75) is 38.6 Å². The van der Waals surface area contributed by atoms with Crippen LogP contribution in [0.1, 0.15) is 32.1 Å². The van der Waals surface area contributed by atoms with Crippen molar-refractivity contribution in [2.24, 2.45) is 17.8 Å². The van der Waals surface area contributed by atoms with Crippen LogP contribution in [0.4, 0.5) is 5.69 Å². The van der Waals surface area contributed by atoms with Gasteiger partial charge in [0.15, 0.2) is 0 Å². The van der Waals surface area contributed by atoms with Crippen LogP contribution >= 0.6 is 0 Å². The maximum Gasteiger partial charge on any atom is 0.224 e. The molecule has 0 saturated heterocycles. The van der Waals surface area contributed by atoms with Gasteiger partial charge in [0.25, 0.3) is 0 Å². The Morgan fingerprint density at radius 2 is 2.29 bits per heavy atom. The molecular weight excluding hydrogens is 264 g/mol. The summed E-state index contributed by atoms with van der Waals surface area (Å²) in [6.07, 6.45) is 9.70. The van der Waals surface area contributed by atoms with Crippen LogP contribution in [0.5, 0.6) is 0 Å². The Hall–Kier alpha value is -1.36. The molecule has 116 valence electrons. The third kappa shape index (κ3) is 3.64. The maximum atomic E-state index is 12.2. The normalized spacial score (nSPS) is 27.5. The summed E-state index contributed by atoms with van der Waals surface area (Å²) in [4.78, 5) is 14.3. The van der Waals surface area contributed by atoms with Crippen LogP contribution in [-0.2, 0) is 11.3 Å². The number of likely N-dealkylation sites (N-methyl/N-ethyl adjacent to an activating group) is 1. The predicted molar refractivity (Wildman–Crippen MR) is 83.0 cm³/mol. The lowest BCUT2D eigenvalue weighted by Crippen LogP contribution is -2.20. The van der Waals surface area contributed by atoms with Crippen molar-refractivity contribution in [2.75, 3.05) is 26.0 Å². The van der Waals surface area contributed by atoms with Crippen molar-refractivity contribution in [3.8, 4) is 0 Å². The number of carbonyl (C=O) groups is 1. The quantitative estimate of drug-likeness (QED) is 0.874. The minimum absolute atomic E-state index is 0.153. The van der Waals surface area contributed by atoms with E-state index in [4.69, 9.17) is 0 Å². The fourth-order valence-electron chi connectivity index (χ4n) is 3.93. The number of carbonyl (C=O) groups excluding carboxylic acids is 1. The molecule has 3 atom stereocenters. The van der Waals surface area contributed by atoms with Gasteiger partial charge in [-0.2, -0.15) is 5.10 Å². The van der Waals surface area contributed by atoms with Gasteiger partial charge < -0.3 is 10.2 Å². The predicted octanol–water partition coefficient (Wildman–Crippen LogP) is 2.21. The van der Waals surface area contributed by atoms with Gasteiger partial charge in [0.1, 0.15) is 0 Å². The first-order chi connectivity index (χ1) is 10.1. The molecule has 2 aliphatic rings. The van der Waals surface area contributed by atoms with Gasteiger partial charge in [0.05, 0.1) is 18.4 Å². The fourth-order valence-corrected chi connectivity index (χ4v) is 3.93. The second-order valence-electron chi connectivity index (χ2n) is 6.98. The molecule has 3 rings (SSSR count). The van der Waals surface area contributed by atoms with Crippen LogP contribution in [-0.4, -0.2) is 41.2 Å². The van der Waals surface area contributed by atoms with E-state index in [0.29, 0.717) is 12.3 Å². The van der Waals surface area contributed by atoms with Gasteiger partial charge in [-0.3, -0.25) is 9.48 Å². The summed E-state index contributed by atoms with van der Waals surface area (Å²) in [5, 5.41) is 7.29. The zero-order chi connectivity index (χ0) is 14.8. The third-order valence-electron chi connectivity index (χ3n) is 5.03. The number of aromatic nitrogens is 2. The highest BCUT2D eigenvalue weighted by molar-refractivity contribution is 5.90. The first-order valence-corrected chi connectivity index (χ1v) is 8.07. The molecule has 2 saturated carbocycles. The summed E-state index contributed by atoms with van der Waals surface area (Å²) in [5.74, 6) is 2.48. The minimum Gasteiger partial charge on any atom is -0.323 e. The monoisotopic (exact) mass is 290 g/mol. The van der Waals surface area contributed by atoms with E-state index in [1.165, 1.54) is 25.7 Å². The highest BCUT2D eigenvalue weighted by Crippen LogP contribution is 2.49. The number of hydrogen-bond acceptors (Lipinski definition) is 3. The van der Waals surface area contributed by atoms with Crippen molar-refractivity contribution in [1.29, 1.82) is 0 Å². The molecule has 21 heavy (non-hydrogen) atoms. The molecule has 1 N–H and O–H groups in total. The van der Waals surface area contributed by atoms with Crippen LogP contribution < -0.4 is 5.32 Å². The second kappa shape index (κ2) is 6.18. The lowest BCUT2D eigenvalue weighted by atomic mass is 9.86. The van der Waals surface area contributed by atoms with E-state index in [1.807, 2.05) is 25.0 Å². The molecule has 2 aliphatic carbocycles. The second-order valence-corrected chi connectivity index (χ2v) is 6.98. The topological polar surface area (TPSA) is 50.2 Å². The van der Waals surface area contributed by atoms with Gasteiger partial charge in [-0.1, -0.05) is 6.42 Å². The van der Waals surface area contributed by atoms with E-state index < -0.39 is 0 Å². The zero-order valence-corrected chi connectivity index (χ0v) is 13.1. The number of fused-ring (bicyclic) bond motifs is 2. The zero-order valence-electron chi connectivity index (χ0n) is 13.1. The van der Waals surface area contributed by atoms with Gasteiger partial charge in [-0.05, 0) is 51.1 Å². The van der Waals surface area contributed by atoms with E-state index >= 15 is 0 Å². The molecule has 5 nitrogen and oxygen atoms in total. The molecular formula is C16H26N4O. The van der Waals surface area contributed by atoms with Crippen molar-refractivity contribution in [1.82, 2.24) is 14.7 Å². The van der Waals surface area contributed by atoms with E-state index in [0.717, 1.165) is 30.6 Å².